The summed E-state index contributed by atoms with van der Waals surface area (Å²) in [4.78, 5) is 0. The fourth-order valence-corrected chi connectivity index (χ4v) is 1.82. The number of hydrogen-bond acceptors (Lipinski definition) is 3. The normalized spacial score (nSPS) is 19.2. The van der Waals surface area contributed by atoms with Crippen LogP contribution in [0.15, 0.2) is 0 Å². The van der Waals surface area contributed by atoms with Crippen molar-refractivity contribution >= 4 is 0 Å². The molecule has 3 nitrogen and oxygen atoms in total. The molecule has 2 fully saturated rings. The highest BCUT2D eigenvalue weighted by Crippen LogP contribution is 2.18. The Balaban J connectivity index is 0. The van der Waals surface area contributed by atoms with Gasteiger partial charge in [-0.15, -0.1) is 0 Å². The Labute approximate surface area is 115 Å². The highest BCUT2D eigenvalue weighted by atomic mass is 16.5. The van der Waals surface area contributed by atoms with Crippen LogP contribution < -0.4 is 5.32 Å². The summed E-state index contributed by atoms with van der Waals surface area (Å²) < 4.78 is 10.2. The molecular formula is C15H35NO2. The minimum atomic E-state index is 0.587. The van der Waals surface area contributed by atoms with Crippen molar-refractivity contribution in [2.75, 3.05) is 33.4 Å². The van der Waals surface area contributed by atoms with Gasteiger partial charge in [-0.25, -0.2) is 0 Å². The second-order valence-electron chi connectivity index (χ2n) is 3.86. The lowest BCUT2D eigenvalue weighted by Gasteiger charge is -2.19. The van der Waals surface area contributed by atoms with E-state index >= 15 is 0 Å². The van der Waals surface area contributed by atoms with E-state index in [1.165, 1.54) is 32.1 Å². The molecule has 3 heteroatoms. The second kappa shape index (κ2) is 19.2. The number of rotatable bonds is 1. The van der Waals surface area contributed by atoms with E-state index in [1.807, 2.05) is 34.8 Å². The van der Waals surface area contributed by atoms with Gasteiger partial charge in [0.05, 0.1) is 19.3 Å². The number of hydrogen-bond donors (Lipinski definition) is 1. The second-order valence-corrected chi connectivity index (χ2v) is 3.86. The summed E-state index contributed by atoms with van der Waals surface area (Å²) in [6, 6.07) is 0. The van der Waals surface area contributed by atoms with Gasteiger partial charge in [0, 0.05) is 20.2 Å². The van der Waals surface area contributed by atoms with Crippen LogP contribution in [0.5, 0.6) is 0 Å². The number of nitrogens with one attached hydrogen (secondary N) is 1. The quantitative estimate of drug-likeness (QED) is 0.782. The fraction of sp³-hybridized carbons (Fsp3) is 1.00. The standard InChI is InChI=1S/C7H14O.C4H9NO.2C2H6/c1-8-7-5-3-2-4-6-7;1-3-6-4-2-5-1;2*1-2/h7H,2-6H2,1H3;5H,1-4H2;2*1-2H3. The van der Waals surface area contributed by atoms with Crippen LogP contribution in [0.3, 0.4) is 0 Å². The van der Waals surface area contributed by atoms with E-state index in [4.69, 9.17) is 9.47 Å². The summed E-state index contributed by atoms with van der Waals surface area (Å²) in [6.07, 6.45) is 7.33. The average molecular weight is 261 g/mol. The van der Waals surface area contributed by atoms with E-state index < -0.39 is 0 Å². The zero-order valence-electron chi connectivity index (χ0n) is 13.3. The van der Waals surface area contributed by atoms with Crippen molar-refractivity contribution in [2.45, 2.75) is 65.9 Å². The van der Waals surface area contributed by atoms with Gasteiger partial charge in [-0.2, -0.15) is 0 Å². The van der Waals surface area contributed by atoms with E-state index in [9.17, 15) is 0 Å². The molecule has 1 aliphatic carbocycles. The topological polar surface area (TPSA) is 30.5 Å². The molecule has 0 bridgehead atoms. The molecule has 2 aliphatic rings. The van der Waals surface area contributed by atoms with Gasteiger partial charge in [-0.1, -0.05) is 47.0 Å². The van der Waals surface area contributed by atoms with Crippen molar-refractivity contribution in [1.29, 1.82) is 0 Å². The van der Waals surface area contributed by atoms with Crippen LogP contribution in [0.2, 0.25) is 0 Å². The predicted octanol–water partition coefficient (Wildman–Crippen LogP) is 3.62. The monoisotopic (exact) mass is 261 g/mol. The van der Waals surface area contributed by atoms with Crippen LogP contribution >= 0.6 is 0 Å². The van der Waals surface area contributed by atoms with Gasteiger partial charge >= 0.3 is 0 Å². The molecule has 1 aliphatic heterocycles. The Morgan fingerprint density at radius 2 is 1.39 bits per heavy atom. The van der Waals surface area contributed by atoms with Crippen LogP contribution in [0.4, 0.5) is 0 Å². The van der Waals surface area contributed by atoms with Crippen LogP contribution in [-0.2, 0) is 9.47 Å². The molecule has 0 radical (unpaired) electrons. The van der Waals surface area contributed by atoms with Crippen molar-refractivity contribution in [3.05, 3.63) is 0 Å². The first-order chi connectivity index (χ1) is 8.93. The molecule has 112 valence electrons. The molecule has 0 amide bonds. The van der Waals surface area contributed by atoms with Gasteiger partial charge in [0.1, 0.15) is 0 Å². The highest BCUT2D eigenvalue weighted by Gasteiger charge is 2.10. The molecule has 2 rings (SSSR count). The summed E-state index contributed by atoms with van der Waals surface area (Å²) >= 11 is 0. The number of methoxy groups -OCH3 is 1. The van der Waals surface area contributed by atoms with Crippen LogP contribution in [0.1, 0.15) is 59.8 Å². The molecule has 0 aromatic rings. The lowest BCUT2D eigenvalue weighted by Crippen LogP contribution is -2.30. The van der Waals surface area contributed by atoms with Gasteiger partial charge in [0.15, 0.2) is 0 Å². The third-order valence-corrected chi connectivity index (χ3v) is 2.73. The van der Waals surface area contributed by atoms with Gasteiger partial charge < -0.3 is 14.8 Å². The molecule has 1 N–H and O–H groups in total. The molecule has 1 heterocycles. The molecule has 1 saturated carbocycles. The predicted molar refractivity (Wildman–Crippen MR) is 80.3 cm³/mol. The Morgan fingerprint density at radius 1 is 0.889 bits per heavy atom. The Hall–Kier alpha value is -0.120. The van der Waals surface area contributed by atoms with Crippen molar-refractivity contribution in [3.8, 4) is 0 Å². The largest absolute Gasteiger partial charge is 0.381 e. The number of morpholine rings is 1. The summed E-state index contributed by atoms with van der Waals surface area (Å²) in [7, 11) is 1.82. The zero-order chi connectivity index (χ0) is 14.1. The molecule has 0 spiro atoms. The summed E-state index contributed by atoms with van der Waals surface area (Å²) in [5.74, 6) is 0. The van der Waals surface area contributed by atoms with Crippen LogP contribution in [0, 0.1) is 0 Å². The Bertz CT molecular complexity index is 110. The first-order valence-corrected chi connectivity index (χ1v) is 7.74. The Kier molecular flexibility index (Phi) is 21.6. The summed E-state index contributed by atoms with van der Waals surface area (Å²) in [5.41, 5.74) is 0. The van der Waals surface area contributed by atoms with Crippen molar-refractivity contribution in [3.63, 3.8) is 0 Å². The minimum Gasteiger partial charge on any atom is -0.381 e. The van der Waals surface area contributed by atoms with Crippen molar-refractivity contribution < 1.29 is 9.47 Å². The van der Waals surface area contributed by atoms with Crippen molar-refractivity contribution in [2.24, 2.45) is 0 Å². The highest BCUT2D eigenvalue weighted by molar-refractivity contribution is 4.63. The first kappa shape index (κ1) is 20.2. The lowest BCUT2D eigenvalue weighted by molar-refractivity contribution is 0.0710. The van der Waals surface area contributed by atoms with Gasteiger partial charge in [-0.3, -0.25) is 0 Å². The maximum Gasteiger partial charge on any atom is 0.0591 e. The maximum atomic E-state index is 5.19. The van der Waals surface area contributed by atoms with E-state index in [2.05, 4.69) is 5.32 Å². The zero-order valence-corrected chi connectivity index (χ0v) is 13.3. The molecule has 0 aromatic carbocycles. The van der Waals surface area contributed by atoms with Crippen LogP contribution in [0.25, 0.3) is 0 Å². The number of ether oxygens (including phenoxy) is 2. The lowest BCUT2D eigenvalue weighted by atomic mass is 9.98. The Morgan fingerprint density at radius 3 is 1.61 bits per heavy atom. The minimum absolute atomic E-state index is 0.587. The van der Waals surface area contributed by atoms with Crippen molar-refractivity contribution in [1.82, 2.24) is 5.32 Å². The van der Waals surface area contributed by atoms with E-state index in [0.717, 1.165) is 26.3 Å². The third kappa shape index (κ3) is 13.9. The smallest absolute Gasteiger partial charge is 0.0591 e. The van der Waals surface area contributed by atoms with Gasteiger partial charge in [0.25, 0.3) is 0 Å². The van der Waals surface area contributed by atoms with Gasteiger partial charge in [0.2, 0.25) is 0 Å². The van der Waals surface area contributed by atoms with Crippen LogP contribution in [-0.4, -0.2) is 39.5 Å². The molecule has 0 aromatic heterocycles. The third-order valence-electron chi connectivity index (χ3n) is 2.73. The molecular weight excluding hydrogens is 226 g/mol. The molecule has 0 unspecified atom stereocenters. The molecule has 0 atom stereocenters. The summed E-state index contributed by atoms with van der Waals surface area (Å²) in [5, 5.41) is 3.16. The van der Waals surface area contributed by atoms with E-state index in [1.54, 1.807) is 0 Å². The maximum absolute atomic E-state index is 5.19. The van der Waals surface area contributed by atoms with E-state index in [0.29, 0.717) is 6.10 Å². The SMILES string of the molecule is C1COCCN1.CC.CC.COC1CCCCC1. The molecule has 18 heavy (non-hydrogen) atoms. The van der Waals surface area contributed by atoms with E-state index in [-0.39, 0.29) is 0 Å². The fourth-order valence-electron chi connectivity index (χ4n) is 1.82. The average Bonchev–Trinajstić information content (AvgIpc) is 2.54. The summed E-state index contributed by atoms with van der Waals surface area (Å²) in [6.45, 7) is 11.8. The first-order valence-electron chi connectivity index (χ1n) is 7.74. The molecule has 1 saturated heterocycles. The van der Waals surface area contributed by atoms with Gasteiger partial charge in [-0.05, 0) is 12.8 Å².